The summed E-state index contributed by atoms with van der Waals surface area (Å²) in [6, 6.07) is 16.3. The minimum Gasteiger partial charge on any atom is -0.363 e. The van der Waals surface area contributed by atoms with Crippen molar-refractivity contribution < 1.29 is 9.59 Å². The Morgan fingerprint density at radius 1 is 1.00 bits per heavy atom. The van der Waals surface area contributed by atoms with Crippen molar-refractivity contribution in [1.82, 2.24) is 9.97 Å². The largest absolute Gasteiger partial charge is 0.363 e. The molecule has 160 valence electrons. The number of nitrogens with zero attached hydrogens (tertiary/aromatic N) is 2. The first kappa shape index (κ1) is 22.4. The summed E-state index contributed by atoms with van der Waals surface area (Å²) in [6.45, 7) is 4.09. The second-order valence-corrected chi connectivity index (χ2v) is 7.94. The third-order valence-corrected chi connectivity index (χ3v) is 4.83. The van der Waals surface area contributed by atoms with E-state index < -0.39 is 0 Å². The summed E-state index contributed by atoms with van der Waals surface area (Å²) in [6.07, 6.45) is 1.38. The summed E-state index contributed by atoms with van der Waals surface area (Å²) < 4.78 is 0.849. The number of carbonyl (C=O) groups excluding carboxylic acids is 2. The summed E-state index contributed by atoms with van der Waals surface area (Å²) in [5, 5.41) is 9.08. The maximum atomic E-state index is 12.4. The van der Waals surface area contributed by atoms with E-state index in [-0.39, 0.29) is 18.2 Å². The Labute approximate surface area is 189 Å². The van der Waals surface area contributed by atoms with Gasteiger partial charge in [0, 0.05) is 39.6 Å². The van der Waals surface area contributed by atoms with E-state index in [0.29, 0.717) is 29.4 Å². The van der Waals surface area contributed by atoms with E-state index in [2.05, 4.69) is 41.8 Å². The van der Waals surface area contributed by atoms with E-state index in [4.69, 9.17) is 0 Å². The lowest BCUT2D eigenvalue weighted by atomic mass is 10.2. The molecule has 2 aromatic carbocycles. The Morgan fingerprint density at radius 2 is 1.74 bits per heavy atom. The fourth-order valence-corrected chi connectivity index (χ4v) is 3.27. The predicted molar refractivity (Wildman–Crippen MR) is 127 cm³/mol. The van der Waals surface area contributed by atoms with E-state index in [0.717, 1.165) is 22.3 Å². The molecule has 0 bridgehead atoms. The highest BCUT2D eigenvalue weighted by molar-refractivity contribution is 9.10. The molecule has 3 rings (SSSR count). The molecule has 0 saturated carbocycles. The monoisotopic (exact) mass is 481 g/mol. The van der Waals surface area contributed by atoms with Crippen LogP contribution in [0.1, 0.15) is 35.8 Å². The van der Waals surface area contributed by atoms with Gasteiger partial charge >= 0.3 is 0 Å². The molecular weight excluding hydrogens is 458 g/mol. The number of benzene rings is 2. The molecule has 3 aromatic rings. The van der Waals surface area contributed by atoms with Crippen LogP contribution < -0.4 is 16.0 Å². The number of aromatic nitrogens is 2. The van der Waals surface area contributed by atoms with Gasteiger partial charge in [0.2, 0.25) is 5.95 Å². The van der Waals surface area contributed by atoms with E-state index in [1.54, 1.807) is 30.3 Å². The molecule has 0 aliphatic heterocycles. The average molecular weight is 482 g/mol. The SMILES string of the molecule is CCCC(=O)CNc1cc(C)nc(Nc2ccc(NC(=O)c3cccc(Br)c3)cc2)n1. The Hall–Kier alpha value is -3.26. The number of carbonyl (C=O) groups is 2. The summed E-state index contributed by atoms with van der Waals surface area (Å²) in [5.41, 5.74) is 2.81. The third kappa shape index (κ3) is 6.89. The number of hydrogen-bond acceptors (Lipinski definition) is 6. The van der Waals surface area contributed by atoms with Crippen LogP contribution in [-0.2, 0) is 4.79 Å². The van der Waals surface area contributed by atoms with Crippen molar-refractivity contribution in [2.75, 3.05) is 22.5 Å². The lowest BCUT2D eigenvalue weighted by Crippen LogP contribution is -2.14. The summed E-state index contributed by atoms with van der Waals surface area (Å²) >= 11 is 3.37. The Balaban J connectivity index is 1.63. The van der Waals surface area contributed by atoms with Crippen LogP contribution in [0.4, 0.5) is 23.1 Å². The van der Waals surface area contributed by atoms with Crippen molar-refractivity contribution in [2.45, 2.75) is 26.7 Å². The number of halogens is 1. The summed E-state index contributed by atoms with van der Waals surface area (Å²) in [4.78, 5) is 32.9. The van der Waals surface area contributed by atoms with Gasteiger partial charge in [-0.15, -0.1) is 0 Å². The fraction of sp³-hybridized carbons (Fsp3) is 0.217. The normalized spacial score (nSPS) is 10.4. The van der Waals surface area contributed by atoms with Crippen LogP contribution in [0, 0.1) is 6.92 Å². The smallest absolute Gasteiger partial charge is 0.255 e. The van der Waals surface area contributed by atoms with Gasteiger partial charge in [-0.25, -0.2) is 4.98 Å². The Morgan fingerprint density at radius 3 is 2.45 bits per heavy atom. The highest BCUT2D eigenvalue weighted by Gasteiger charge is 2.08. The number of Topliss-reactive ketones (excluding diaryl/α,β-unsaturated/α-hetero) is 1. The van der Waals surface area contributed by atoms with Gasteiger partial charge in [-0.05, 0) is 55.8 Å². The molecule has 0 radical (unpaired) electrons. The van der Waals surface area contributed by atoms with Crippen molar-refractivity contribution in [1.29, 1.82) is 0 Å². The maximum Gasteiger partial charge on any atom is 0.255 e. The zero-order chi connectivity index (χ0) is 22.2. The molecule has 1 amide bonds. The van der Waals surface area contributed by atoms with Gasteiger partial charge in [-0.2, -0.15) is 4.98 Å². The second-order valence-electron chi connectivity index (χ2n) is 7.03. The van der Waals surface area contributed by atoms with E-state index >= 15 is 0 Å². The van der Waals surface area contributed by atoms with Crippen LogP contribution in [0.3, 0.4) is 0 Å². The zero-order valence-electron chi connectivity index (χ0n) is 17.4. The van der Waals surface area contributed by atoms with Crippen LogP contribution in [0.25, 0.3) is 0 Å². The van der Waals surface area contributed by atoms with Gasteiger partial charge in [-0.3, -0.25) is 9.59 Å². The molecule has 0 aliphatic carbocycles. The van der Waals surface area contributed by atoms with Crippen molar-refractivity contribution >= 4 is 50.8 Å². The molecule has 3 N–H and O–H groups in total. The molecule has 0 fully saturated rings. The molecule has 0 saturated heterocycles. The molecule has 1 heterocycles. The van der Waals surface area contributed by atoms with Gasteiger partial charge in [0.15, 0.2) is 5.78 Å². The van der Waals surface area contributed by atoms with Crippen LogP contribution >= 0.6 is 15.9 Å². The van der Waals surface area contributed by atoms with Crippen molar-refractivity contribution in [3.63, 3.8) is 0 Å². The first-order valence-corrected chi connectivity index (χ1v) is 10.8. The van der Waals surface area contributed by atoms with Crippen LogP contribution in [0.5, 0.6) is 0 Å². The summed E-state index contributed by atoms with van der Waals surface area (Å²) in [7, 11) is 0. The zero-order valence-corrected chi connectivity index (χ0v) is 19.0. The molecule has 31 heavy (non-hydrogen) atoms. The molecule has 0 aliphatic rings. The maximum absolute atomic E-state index is 12.4. The first-order valence-electron chi connectivity index (χ1n) is 9.98. The minimum absolute atomic E-state index is 0.147. The highest BCUT2D eigenvalue weighted by Crippen LogP contribution is 2.19. The van der Waals surface area contributed by atoms with Crippen LogP contribution in [-0.4, -0.2) is 28.2 Å². The Bertz CT molecular complexity index is 1070. The highest BCUT2D eigenvalue weighted by atomic mass is 79.9. The number of nitrogens with one attached hydrogen (secondary N) is 3. The van der Waals surface area contributed by atoms with E-state index in [1.165, 1.54) is 0 Å². The van der Waals surface area contributed by atoms with Crippen molar-refractivity contribution in [3.8, 4) is 0 Å². The topological polar surface area (TPSA) is 96.0 Å². The minimum atomic E-state index is -0.183. The number of rotatable bonds is 9. The number of aryl methyl sites for hydroxylation is 1. The van der Waals surface area contributed by atoms with E-state index in [1.807, 2.05) is 38.1 Å². The van der Waals surface area contributed by atoms with Crippen LogP contribution in [0.15, 0.2) is 59.1 Å². The van der Waals surface area contributed by atoms with Gasteiger partial charge < -0.3 is 16.0 Å². The van der Waals surface area contributed by atoms with Gasteiger partial charge in [0.05, 0.1) is 6.54 Å². The van der Waals surface area contributed by atoms with Crippen molar-refractivity contribution in [2.24, 2.45) is 0 Å². The lowest BCUT2D eigenvalue weighted by molar-refractivity contribution is -0.117. The van der Waals surface area contributed by atoms with Gasteiger partial charge in [-0.1, -0.05) is 28.9 Å². The quantitative estimate of drug-likeness (QED) is 0.382. The molecule has 0 spiro atoms. The van der Waals surface area contributed by atoms with Gasteiger partial charge in [0.25, 0.3) is 5.91 Å². The molecular formula is C23H24BrN5O2. The number of anilines is 4. The number of hydrogen-bond donors (Lipinski definition) is 3. The number of amides is 1. The molecule has 1 aromatic heterocycles. The van der Waals surface area contributed by atoms with Crippen molar-refractivity contribution in [3.05, 3.63) is 70.3 Å². The second kappa shape index (κ2) is 10.7. The lowest BCUT2D eigenvalue weighted by Gasteiger charge is -2.10. The third-order valence-electron chi connectivity index (χ3n) is 4.34. The standard InChI is InChI=1S/C23H24BrN5O2/c1-3-5-20(30)14-25-21-12-15(2)26-23(29-21)28-19-10-8-18(9-11-19)27-22(31)16-6-4-7-17(24)13-16/h4,6-13H,3,5,14H2,1-2H3,(H,27,31)(H2,25,26,28,29). The average Bonchev–Trinajstić information content (AvgIpc) is 2.73. The molecule has 8 heteroatoms. The molecule has 0 unspecified atom stereocenters. The molecule has 7 nitrogen and oxygen atoms in total. The fourth-order valence-electron chi connectivity index (χ4n) is 2.87. The Kier molecular flexibility index (Phi) is 7.72. The molecule has 0 atom stereocenters. The predicted octanol–water partition coefficient (Wildman–Crippen LogP) is 5.32. The first-order chi connectivity index (χ1) is 14.9. The van der Waals surface area contributed by atoms with Crippen LogP contribution in [0.2, 0.25) is 0 Å². The number of ketones is 1. The van der Waals surface area contributed by atoms with E-state index in [9.17, 15) is 9.59 Å². The van der Waals surface area contributed by atoms with Gasteiger partial charge in [0.1, 0.15) is 5.82 Å². The summed E-state index contributed by atoms with van der Waals surface area (Å²) in [5.74, 6) is 0.986.